The minimum atomic E-state index is -3.33. The van der Waals surface area contributed by atoms with Crippen LogP contribution in [-0.2, 0) is 10.0 Å². The largest absolute Gasteiger partial charge is 0.350 e. The van der Waals surface area contributed by atoms with Gasteiger partial charge in [0, 0.05) is 26.2 Å². The summed E-state index contributed by atoms with van der Waals surface area (Å²) >= 11 is 0. The fraction of sp³-hybridized carbons (Fsp3) is 0.700. The van der Waals surface area contributed by atoms with Crippen LogP contribution in [0.25, 0.3) is 0 Å². The van der Waals surface area contributed by atoms with Gasteiger partial charge in [-0.05, 0) is 0 Å². The van der Waals surface area contributed by atoms with E-state index in [4.69, 9.17) is 0 Å². The number of carbonyl (C=O) groups excluding carboxylic acids is 1. The van der Waals surface area contributed by atoms with Crippen LogP contribution < -0.4 is 15.4 Å². The molecule has 9 nitrogen and oxygen atoms in total. The first-order valence-electron chi connectivity index (χ1n) is 6.40. The molecule has 1 saturated heterocycles. The summed E-state index contributed by atoms with van der Waals surface area (Å²) in [6.07, 6.45) is 1.57. The minimum absolute atomic E-state index is 0.0337. The maximum atomic E-state index is 11.8. The Kier molecular flexibility index (Phi) is 4.68. The Labute approximate surface area is 117 Å². The Bertz CT molecular complexity index is 565. The molecule has 0 unspecified atom stereocenters. The second-order valence-electron chi connectivity index (χ2n) is 4.47. The van der Waals surface area contributed by atoms with E-state index in [1.54, 1.807) is 17.8 Å². The fourth-order valence-electron chi connectivity index (χ4n) is 1.70. The molecule has 0 bridgehead atoms. The Morgan fingerprint density at radius 3 is 2.90 bits per heavy atom. The van der Waals surface area contributed by atoms with E-state index >= 15 is 0 Å². The molecule has 1 aromatic rings. The zero-order chi connectivity index (χ0) is 14.6. The summed E-state index contributed by atoms with van der Waals surface area (Å²) in [5, 5.41) is 13.3. The number of sulfonamides is 1. The van der Waals surface area contributed by atoms with Crippen LogP contribution in [0, 0.1) is 0 Å². The van der Waals surface area contributed by atoms with Crippen LogP contribution >= 0.6 is 0 Å². The first-order chi connectivity index (χ1) is 9.52. The summed E-state index contributed by atoms with van der Waals surface area (Å²) in [5.74, 6) is -0.581. The molecule has 0 spiro atoms. The first kappa shape index (κ1) is 14.9. The first-order valence-corrected chi connectivity index (χ1v) is 8.05. The van der Waals surface area contributed by atoms with Crippen LogP contribution in [0.15, 0.2) is 6.20 Å². The van der Waals surface area contributed by atoms with Gasteiger partial charge in [-0.15, -0.1) is 5.10 Å². The summed E-state index contributed by atoms with van der Waals surface area (Å²) in [6, 6.07) is 0.234. The molecule has 1 aromatic heterocycles. The zero-order valence-electron chi connectivity index (χ0n) is 11.2. The second-order valence-corrected chi connectivity index (χ2v) is 6.39. The number of hydrogen-bond acceptors (Lipinski definition) is 6. The van der Waals surface area contributed by atoms with Gasteiger partial charge in [-0.2, -0.15) is 0 Å². The van der Waals surface area contributed by atoms with Gasteiger partial charge in [-0.1, -0.05) is 12.1 Å². The number of nitrogens with one attached hydrogen (secondary N) is 3. The van der Waals surface area contributed by atoms with E-state index in [-0.39, 0.29) is 24.0 Å². The molecule has 0 radical (unpaired) electrons. The Morgan fingerprint density at radius 1 is 1.55 bits per heavy atom. The molecule has 0 aliphatic carbocycles. The monoisotopic (exact) mass is 302 g/mol. The van der Waals surface area contributed by atoms with E-state index in [1.165, 1.54) is 0 Å². The van der Waals surface area contributed by atoms with Gasteiger partial charge in [0.05, 0.1) is 18.0 Å². The minimum Gasteiger partial charge on any atom is -0.350 e. The molecule has 1 fully saturated rings. The van der Waals surface area contributed by atoms with Gasteiger partial charge in [0.15, 0.2) is 5.69 Å². The maximum absolute atomic E-state index is 11.8. The van der Waals surface area contributed by atoms with Gasteiger partial charge in [-0.25, -0.2) is 17.8 Å². The predicted molar refractivity (Wildman–Crippen MR) is 71.7 cm³/mol. The maximum Gasteiger partial charge on any atom is 0.273 e. The standard InChI is InChI=1S/C10H18N6O3S/c1-2-13-20(18,19)4-3-12-10(17)9-7-16(15-14-9)8-5-11-6-8/h7-8,11,13H,2-6H2,1H3,(H,12,17). The molecule has 0 atom stereocenters. The topological polar surface area (TPSA) is 118 Å². The molecule has 10 heteroatoms. The molecule has 0 aromatic carbocycles. The van der Waals surface area contributed by atoms with Crippen molar-refractivity contribution in [3.8, 4) is 0 Å². The van der Waals surface area contributed by atoms with Crippen molar-refractivity contribution in [2.45, 2.75) is 13.0 Å². The smallest absolute Gasteiger partial charge is 0.273 e. The van der Waals surface area contributed by atoms with Crippen LogP contribution in [0.4, 0.5) is 0 Å². The molecular weight excluding hydrogens is 284 g/mol. The summed E-state index contributed by atoms with van der Waals surface area (Å²) < 4.78 is 26.8. The SMILES string of the molecule is CCNS(=O)(=O)CCNC(=O)c1cn(C2CNC2)nn1. The highest BCUT2D eigenvalue weighted by Crippen LogP contribution is 2.09. The number of rotatable bonds is 7. The molecule has 20 heavy (non-hydrogen) atoms. The van der Waals surface area contributed by atoms with E-state index < -0.39 is 15.9 Å². The zero-order valence-corrected chi connectivity index (χ0v) is 12.0. The summed E-state index contributed by atoms with van der Waals surface area (Å²) in [7, 11) is -3.33. The van der Waals surface area contributed by atoms with Crippen molar-refractivity contribution in [3.63, 3.8) is 0 Å². The van der Waals surface area contributed by atoms with E-state index in [0.717, 1.165) is 13.1 Å². The highest BCUT2D eigenvalue weighted by Gasteiger charge is 2.21. The van der Waals surface area contributed by atoms with Crippen molar-refractivity contribution in [2.24, 2.45) is 0 Å². The van der Waals surface area contributed by atoms with Crippen LogP contribution in [0.2, 0.25) is 0 Å². The highest BCUT2D eigenvalue weighted by molar-refractivity contribution is 7.89. The molecule has 0 saturated carbocycles. The molecule has 3 N–H and O–H groups in total. The van der Waals surface area contributed by atoms with Crippen molar-refractivity contribution >= 4 is 15.9 Å². The van der Waals surface area contributed by atoms with Gasteiger partial charge < -0.3 is 10.6 Å². The fourth-order valence-corrected chi connectivity index (χ4v) is 2.66. The summed E-state index contributed by atoms with van der Waals surface area (Å²) in [6.45, 7) is 3.69. The molecule has 1 aliphatic heterocycles. The third-order valence-corrected chi connectivity index (χ3v) is 4.37. The van der Waals surface area contributed by atoms with E-state index in [1.807, 2.05) is 0 Å². The lowest BCUT2D eigenvalue weighted by Crippen LogP contribution is -2.43. The summed E-state index contributed by atoms with van der Waals surface area (Å²) in [5.41, 5.74) is 0.192. The van der Waals surface area contributed by atoms with Gasteiger partial charge >= 0.3 is 0 Å². The van der Waals surface area contributed by atoms with Crippen LogP contribution in [0.5, 0.6) is 0 Å². The number of amides is 1. The molecule has 112 valence electrons. The van der Waals surface area contributed by atoms with Gasteiger partial charge in [0.1, 0.15) is 0 Å². The molecule has 2 rings (SSSR count). The van der Waals surface area contributed by atoms with Crippen LogP contribution in [0.3, 0.4) is 0 Å². The van der Waals surface area contributed by atoms with Gasteiger partial charge in [0.2, 0.25) is 10.0 Å². The van der Waals surface area contributed by atoms with Gasteiger partial charge in [0.25, 0.3) is 5.91 Å². The third kappa shape index (κ3) is 3.74. The van der Waals surface area contributed by atoms with E-state index in [2.05, 4.69) is 25.7 Å². The van der Waals surface area contributed by atoms with Crippen molar-refractivity contribution in [1.82, 2.24) is 30.3 Å². The van der Waals surface area contributed by atoms with Gasteiger partial charge in [-0.3, -0.25) is 4.79 Å². The molecule has 1 amide bonds. The van der Waals surface area contributed by atoms with E-state index in [0.29, 0.717) is 6.54 Å². The van der Waals surface area contributed by atoms with Crippen LogP contribution in [0.1, 0.15) is 23.5 Å². The lowest BCUT2D eigenvalue weighted by atomic mass is 10.2. The predicted octanol–water partition coefficient (Wildman–Crippen LogP) is -1.91. The van der Waals surface area contributed by atoms with Crippen molar-refractivity contribution in [3.05, 3.63) is 11.9 Å². The summed E-state index contributed by atoms with van der Waals surface area (Å²) in [4.78, 5) is 11.8. The lowest BCUT2D eigenvalue weighted by Gasteiger charge is -2.26. The van der Waals surface area contributed by atoms with Crippen molar-refractivity contribution < 1.29 is 13.2 Å². The number of hydrogen-bond donors (Lipinski definition) is 3. The van der Waals surface area contributed by atoms with Crippen LogP contribution in [-0.4, -0.2) is 61.3 Å². The van der Waals surface area contributed by atoms with Crippen molar-refractivity contribution in [2.75, 3.05) is 31.9 Å². The Balaban J connectivity index is 1.81. The van der Waals surface area contributed by atoms with Crippen molar-refractivity contribution in [1.29, 1.82) is 0 Å². The highest BCUT2D eigenvalue weighted by atomic mass is 32.2. The molecular formula is C10H18N6O3S. The molecule has 2 heterocycles. The second kappa shape index (κ2) is 6.29. The Hall–Kier alpha value is -1.52. The quantitative estimate of drug-likeness (QED) is 0.541. The average Bonchev–Trinajstić information content (AvgIpc) is 2.75. The third-order valence-electron chi connectivity index (χ3n) is 2.90. The average molecular weight is 302 g/mol. The lowest BCUT2D eigenvalue weighted by molar-refractivity contribution is 0.0951. The molecule has 1 aliphatic rings. The number of aromatic nitrogens is 3. The number of carbonyl (C=O) groups is 1. The Morgan fingerprint density at radius 2 is 2.30 bits per heavy atom. The number of nitrogens with zero attached hydrogens (tertiary/aromatic N) is 3. The van der Waals surface area contributed by atoms with E-state index in [9.17, 15) is 13.2 Å². The normalized spacial score (nSPS) is 15.8.